The van der Waals surface area contributed by atoms with Crippen LogP contribution < -0.4 is 0 Å². The lowest BCUT2D eigenvalue weighted by Gasteiger charge is -2.33. The molecule has 0 radical (unpaired) electrons. The van der Waals surface area contributed by atoms with E-state index in [4.69, 9.17) is 5.11 Å². The molecule has 0 spiro atoms. The Kier molecular flexibility index (Phi) is 6.62. The molecule has 1 aliphatic rings. The van der Waals surface area contributed by atoms with Crippen molar-refractivity contribution in [2.45, 2.75) is 50.7 Å². The molecular formula is C21H26F3N3O2. The zero-order chi connectivity index (χ0) is 21.0. The molecule has 0 saturated carbocycles. The second-order valence-corrected chi connectivity index (χ2v) is 7.55. The minimum absolute atomic E-state index is 0.0172. The molecule has 1 aliphatic heterocycles. The van der Waals surface area contributed by atoms with Crippen molar-refractivity contribution < 1.29 is 23.1 Å². The molecule has 29 heavy (non-hydrogen) atoms. The first kappa shape index (κ1) is 21.4. The van der Waals surface area contributed by atoms with Crippen LogP contribution in [0.25, 0.3) is 0 Å². The number of piperidine rings is 1. The van der Waals surface area contributed by atoms with E-state index in [0.29, 0.717) is 19.6 Å². The number of likely N-dealkylation sites (tertiary alicyclic amines) is 1. The van der Waals surface area contributed by atoms with Crippen molar-refractivity contribution in [2.24, 2.45) is 0 Å². The molecule has 1 fully saturated rings. The van der Waals surface area contributed by atoms with Gasteiger partial charge in [0, 0.05) is 37.3 Å². The van der Waals surface area contributed by atoms with Gasteiger partial charge in [-0.15, -0.1) is 0 Å². The molecule has 3 rings (SSSR count). The summed E-state index contributed by atoms with van der Waals surface area (Å²) in [5, 5.41) is 13.4. The van der Waals surface area contributed by atoms with Gasteiger partial charge < -0.3 is 10.0 Å². The first-order valence-corrected chi connectivity index (χ1v) is 9.87. The van der Waals surface area contributed by atoms with Gasteiger partial charge in [0.25, 0.3) is 0 Å². The molecule has 1 saturated heterocycles. The Morgan fingerprint density at radius 2 is 1.93 bits per heavy atom. The predicted octanol–water partition coefficient (Wildman–Crippen LogP) is 3.79. The topological polar surface area (TPSA) is 58.4 Å². The van der Waals surface area contributed by atoms with Crippen LogP contribution >= 0.6 is 0 Å². The summed E-state index contributed by atoms with van der Waals surface area (Å²) in [5.74, 6) is -0.364. The fraction of sp³-hybridized carbons (Fsp3) is 0.524. The smallest absolute Gasteiger partial charge is 0.394 e. The molecule has 8 heteroatoms. The van der Waals surface area contributed by atoms with Gasteiger partial charge >= 0.3 is 6.18 Å². The van der Waals surface area contributed by atoms with E-state index in [0.717, 1.165) is 24.6 Å². The van der Waals surface area contributed by atoms with E-state index >= 15 is 0 Å². The van der Waals surface area contributed by atoms with Crippen LogP contribution in [0.2, 0.25) is 0 Å². The van der Waals surface area contributed by atoms with Crippen molar-refractivity contribution in [1.29, 1.82) is 0 Å². The van der Waals surface area contributed by atoms with Gasteiger partial charge in [0.15, 0.2) is 0 Å². The highest BCUT2D eigenvalue weighted by Gasteiger charge is 2.35. The molecule has 5 nitrogen and oxygen atoms in total. The molecule has 0 aliphatic carbocycles. The highest BCUT2D eigenvalue weighted by atomic mass is 19.4. The number of amides is 1. The summed E-state index contributed by atoms with van der Waals surface area (Å²) in [6.07, 6.45) is -1.11. The molecule has 2 aromatic rings. The fourth-order valence-corrected chi connectivity index (χ4v) is 4.08. The third-order valence-electron chi connectivity index (χ3n) is 5.61. The van der Waals surface area contributed by atoms with Crippen molar-refractivity contribution in [3.05, 3.63) is 53.3 Å². The summed E-state index contributed by atoms with van der Waals surface area (Å²) in [5.41, 5.74) is 0.547. The number of hydrogen-bond donors (Lipinski definition) is 1. The van der Waals surface area contributed by atoms with E-state index in [2.05, 4.69) is 5.10 Å². The van der Waals surface area contributed by atoms with Gasteiger partial charge in [-0.25, -0.2) is 0 Å². The molecule has 2 heterocycles. The van der Waals surface area contributed by atoms with Gasteiger partial charge in [0.1, 0.15) is 0 Å². The monoisotopic (exact) mass is 409 g/mol. The summed E-state index contributed by atoms with van der Waals surface area (Å²) in [4.78, 5) is 14.4. The second kappa shape index (κ2) is 8.98. The normalized spacial score (nSPS) is 16.8. The fourth-order valence-electron chi connectivity index (χ4n) is 4.08. The minimum Gasteiger partial charge on any atom is -0.394 e. The van der Waals surface area contributed by atoms with Crippen LogP contribution in [-0.4, -0.2) is 45.4 Å². The molecule has 1 unspecified atom stereocenters. The number of benzene rings is 1. The first-order chi connectivity index (χ1) is 13.8. The van der Waals surface area contributed by atoms with Gasteiger partial charge in [-0.05, 0) is 36.5 Å². The van der Waals surface area contributed by atoms with E-state index in [1.807, 2.05) is 6.07 Å². The van der Waals surface area contributed by atoms with Crippen LogP contribution in [0.5, 0.6) is 0 Å². The molecule has 1 aromatic heterocycles. The molecule has 158 valence electrons. The molecule has 1 atom stereocenters. The van der Waals surface area contributed by atoms with Gasteiger partial charge in [0.05, 0.1) is 18.7 Å². The maximum Gasteiger partial charge on any atom is 0.416 e. The number of halogens is 3. The zero-order valence-corrected chi connectivity index (χ0v) is 16.4. The Balaban J connectivity index is 1.60. The third kappa shape index (κ3) is 4.98. The molecule has 0 bridgehead atoms. The number of nitrogens with zero attached hydrogens (tertiary/aromatic N) is 3. The van der Waals surface area contributed by atoms with Crippen molar-refractivity contribution in [3.63, 3.8) is 0 Å². The SMILES string of the molecule is CC(CC(=O)N1CCC(c2ccnn2CCO)CC1)c1ccccc1C(F)(F)F. The number of hydrogen-bond acceptors (Lipinski definition) is 3. The Morgan fingerprint density at radius 1 is 1.24 bits per heavy atom. The highest BCUT2D eigenvalue weighted by molar-refractivity contribution is 5.77. The van der Waals surface area contributed by atoms with Crippen LogP contribution in [0, 0.1) is 0 Å². The van der Waals surface area contributed by atoms with E-state index in [-0.39, 0.29) is 30.4 Å². The predicted molar refractivity (Wildman–Crippen MR) is 102 cm³/mol. The first-order valence-electron chi connectivity index (χ1n) is 9.87. The lowest BCUT2D eigenvalue weighted by Crippen LogP contribution is -2.38. The van der Waals surface area contributed by atoms with E-state index in [1.54, 1.807) is 28.8 Å². The molecular weight excluding hydrogens is 383 g/mol. The summed E-state index contributed by atoms with van der Waals surface area (Å²) < 4.78 is 41.5. The highest BCUT2D eigenvalue weighted by Crippen LogP contribution is 2.36. The minimum atomic E-state index is -4.43. The van der Waals surface area contributed by atoms with E-state index < -0.39 is 17.7 Å². The Hall–Kier alpha value is -2.35. The van der Waals surface area contributed by atoms with Crippen molar-refractivity contribution in [1.82, 2.24) is 14.7 Å². The van der Waals surface area contributed by atoms with Gasteiger partial charge in [-0.1, -0.05) is 25.1 Å². The summed E-state index contributed by atoms with van der Waals surface area (Å²) in [7, 11) is 0. The molecule has 1 N–H and O–H groups in total. The number of aliphatic hydroxyl groups excluding tert-OH is 1. The largest absolute Gasteiger partial charge is 0.416 e. The molecule has 1 amide bonds. The van der Waals surface area contributed by atoms with Crippen molar-refractivity contribution >= 4 is 5.91 Å². The van der Waals surface area contributed by atoms with E-state index in [9.17, 15) is 18.0 Å². The van der Waals surface area contributed by atoms with Crippen LogP contribution in [0.4, 0.5) is 13.2 Å². The maximum absolute atomic E-state index is 13.2. The number of carbonyl (C=O) groups excluding carboxylic acids is 1. The zero-order valence-electron chi connectivity index (χ0n) is 16.4. The quantitative estimate of drug-likeness (QED) is 0.790. The number of alkyl halides is 3. The Morgan fingerprint density at radius 3 is 2.59 bits per heavy atom. The maximum atomic E-state index is 13.2. The van der Waals surface area contributed by atoms with Crippen molar-refractivity contribution in [3.8, 4) is 0 Å². The molecule has 1 aromatic carbocycles. The van der Waals surface area contributed by atoms with Gasteiger partial charge in [-0.3, -0.25) is 9.48 Å². The van der Waals surface area contributed by atoms with Crippen molar-refractivity contribution in [2.75, 3.05) is 19.7 Å². The number of aromatic nitrogens is 2. The summed E-state index contributed by atoms with van der Waals surface area (Å²) >= 11 is 0. The lowest BCUT2D eigenvalue weighted by molar-refractivity contribution is -0.139. The van der Waals surface area contributed by atoms with Crippen LogP contribution in [-0.2, 0) is 17.5 Å². The van der Waals surface area contributed by atoms with Gasteiger partial charge in [0.2, 0.25) is 5.91 Å². The average molecular weight is 409 g/mol. The number of carbonyl (C=O) groups is 1. The van der Waals surface area contributed by atoms with Crippen LogP contribution in [0.1, 0.15) is 54.8 Å². The van der Waals surface area contributed by atoms with Gasteiger partial charge in [-0.2, -0.15) is 18.3 Å². The summed E-state index contributed by atoms with van der Waals surface area (Å²) in [6, 6.07) is 7.40. The number of rotatable bonds is 6. The standard InChI is InChI=1S/C21H26F3N3O2/c1-15(17-4-2-3-5-18(17)21(22,23)24)14-20(29)26-10-7-16(8-11-26)19-6-9-25-27(19)12-13-28/h2-6,9,15-16,28H,7-8,10-14H2,1H3. The Bertz CT molecular complexity index is 827. The van der Waals surface area contributed by atoms with Crippen LogP contribution in [0.3, 0.4) is 0 Å². The third-order valence-corrected chi connectivity index (χ3v) is 5.61. The second-order valence-electron chi connectivity index (χ2n) is 7.55. The summed E-state index contributed by atoms with van der Waals surface area (Å²) in [6.45, 7) is 3.27. The van der Waals surface area contributed by atoms with E-state index in [1.165, 1.54) is 12.1 Å². The number of aliphatic hydroxyl groups is 1. The lowest BCUT2D eigenvalue weighted by atomic mass is 9.90. The van der Waals surface area contributed by atoms with Crippen LogP contribution in [0.15, 0.2) is 36.5 Å². The average Bonchev–Trinajstić information content (AvgIpc) is 3.16. The Labute approximate surface area is 168 Å².